The summed E-state index contributed by atoms with van der Waals surface area (Å²) < 4.78 is 5.13. The average Bonchev–Trinajstić information content (AvgIpc) is 2.65. The van der Waals surface area contributed by atoms with Crippen LogP contribution in [0.25, 0.3) is 0 Å². The Morgan fingerprint density at radius 1 is 1.20 bits per heavy atom. The predicted octanol–water partition coefficient (Wildman–Crippen LogP) is 3.26. The maximum Gasteiger partial charge on any atom is 0.409 e. The standard InChI is InChI=1S/C20H28N2O3/c1-3-21-15-20(10-12-22(13-11-20)19(24)25-4-2)14-17(18(21)23)16-8-6-5-7-9-16/h5-9,17H,3-4,10-15H2,1-2H3/t17-/m1/s1. The Kier molecular flexibility index (Phi) is 5.30. The fourth-order valence-corrected chi connectivity index (χ4v) is 4.24. The van der Waals surface area contributed by atoms with Gasteiger partial charge < -0.3 is 14.5 Å². The summed E-state index contributed by atoms with van der Waals surface area (Å²) in [6.45, 7) is 7.27. The van der Waals surface area contributed by atoms with Gasteiger partial charge in [0, 0.05) is 26.2 Å². The highest BCUT2D eigenvalue weighted by molar-refractivity contribution is 5.84. The normalized spacial score (nSPS) is 23.0. The van der Waals surface area contributed by atoms with E-state index >= 15 is 0 Å². The number of piperidine rings is 2. The molecule has 3 rings (SSSR count). The summed E-state index contributed by atoms with van der Waals surface area (Å²) in [5.74, 6) is 0.177. The van der Waals surface area contributed by atoms with Crippen molar-refractivity contribution < 1.29 is 14.3 Å². The third kappa shape index (κ3) is 3.65. The Bertz CT molecular complexity index is 609. The Morgan fingerprint density at radius 3 is 2.48 bits per heavy atom. The first-order valence-corrected chi connectivity index (χ1v) is 9.34. The molecule has 2 amide bonds. The van der Waals surface area contributed by atoms with Crippen LogP contribution in [0.3, 0.4) is 0 Å². The molecule has 1 atom stereocenters. The Morgan fingerprint density at radius 2 is 1.88 bits per heavy atom. The molecule has 2 heterocycles. The second-order valence-corrected chi connectivity index (χ2v) is 7.21. The largest absolute Gasteiger partial charge is 0.450 e. The van der Waals surface area contributed by atoms with E-state index < -0.39 is 0 Å². The van der Waals surface area contributed by atoms with Crippen LogP contribution >= 0.6 is 0 Å². The monoisotopic (exact) mass is 344 g/mol. The number of likely N-dealkylation sites (N-methyl/N-ethyl adjacent to an activating group) is 1. The van der Waals surface area contributed by atoms with Crippen molar-refractivity contribution in [1.29, 1.82) is 0 Å². The molecule has 1 aromatic carbocycles. The summed E-state index contributed by atoms with van der Waals surface area (Å²) in [7, 11) is 0. The number of likely N-dealkylation sites (tertiary alicyclic amines) is 2. The molecule has 0 radical (unpaired) electrons. The molecular formula is C20H28N2O3. The van der Waals surface area contributed by atoms with Crippen molar-refractivity contribution >= 4 is 12.0 Å². The van der Waals surface area contributed by atoms with Gasteiger partial charge in [-0.1, -0.05) is 30.3 Å². The molecule has 0 unspecified atom stereocenters. The molecule has 2 fully saturated rings. The van der Waals surface area contributed by atoms with Gasteiger partial charge in [-0.2, -0.15) is 0 Å². The topological polar surface area (TPSA) is 49.9 Å². The molecular weight excluding hydrogens is 316 g/mol. The van der Waals surface area contributed by atoms with Crippen molar-refractivity contribution in [3.63, 3.8) is 0 Å². The number of carbonyl (C=O) groups excluding carboxylic acids is 2. The Labute approximate surface area is 149 Å². The number of benzene rings is 1. The van der Waals surface area contributed by atoms with Crippen LogP contribution in [0.5, 0.6) is 0 Å². The van der Waals surface area contributed by atoms with E-state index in [9.17, 15) is 9.59 Å². The van der Waals surface area contributed by atoms with Crippen LogP contribution in [0, 0.1) is 5.41 Å². The maximum absolute atomic E-state index is 12.9. The molecule has 0 aromatic heterocycles. The average molecular weight is 344 g/mol. The number of hydrogen-bond acceptors (Lipinski definition) is 3. The van der Waals surface area contributed by atoms with Gasteiger partial charge in [0.05, 0.1) is 12.5 Å². The van der Waals surface area contributed by atoms with Gasteiger partial charge in [0.2, 0.25) is 5.91 Å². The summed E-state index contributed by atoms with van der Waals surface area (Å²) in [5, 5.41) is 0. The zero-order valence-electron chi connectivity index (χ0n) is 15.2. The van der Waals surface area contributed by atoms with Gasteiger partial charge in [-0.05, 0) is 44.1 Å². The van der Waals surface area contributed by atoms with E-state index in [1.807, 2.05) is 36.9 Å². The highest BCUT2D eigenvalue weighted by Crippen LogP contribution is 2.45. The summed E-state index contributed by atoms with van der Waals surface area (Å²) in [5.41, 5.74) is 1.21. The Hall–Kier alpha value is -2.04. The van der Waals surface area contributed by atoms with Gasteiger partial charge in [-0.25, -0.2) is 4.79 Å². The van der Waals surface area contributed by atoms with Gasteiger partial charge in [-0.3, -0.25) is 4.79 Å². The minimum absolute atomic E-state index is 0.0657. The highest BCUT2D eigenvalue weighted by atomic mass is 16.6. The van der Waals surface area contributed by atoms with E-state index in [0.717, 1.165) is 37.9 Å². The van der Waals surface area contributed by atoms with E-state index in [0.29, 0.717) is 19.7 Å². The predicted molar refractivity (Wildman–Crippen MR) is 96.3 cm³/mol. The van der Waals surface area contributed by atoms with E-state index in [1.165, 1.54) is 0 Å². The van der Waals surface area contributed by atoms with Crippen molar-refractivity contribution in [3.8, 4) is 0 Å². The number of nitrogens with zero attached hydrogens (tertiary/aromatic N) is 2. The van der Waals surface area contributed by atoms with Crippen molar-refractivity contribution in [3.05, 3.63) is 35.9 Å². The molecule has 1 aromatic rings. The molecule has 1 spiro atoms. The zero-order chi connectivity index (χ0) is 17.9. The number of carbonyl (C=O) groups is 2. The van der Waals surface area contributed by atoms with Crippen molar-refractivity contribution in [1.82, 2.24) is 9.80 Å². The molecule has 2 aliphatic rings. The maximum atomic E-state index is 12.9. The molecule has 2 aliphatic heterocycles. The molecule has 0 bridgehead atoms. The SMILES string of the molecule is CCOC(=O)N1CCC2(CC1)C[C@H](c1ccccc1)C(=O)N(CC)C2. The van der Waals surface area contributed by atoms with Crippen molar-refractivity contribution in [2.24, 2.45) is 5.41 Å². The highest BCUT2D eigenvalue weighted by Gasteiger charge is 2.46. The lowest BCUT2D eigenvalue weighted by atomic mass is 9.67. The van der Waals surface area contributed by atoms with Gasteiger partial charge in [0.1, 0.15) is 0 Å². The van der Waals surface area contributed by atoms with Crippen LogP contribution in [0.15, 0.2) is 30.3 Å². The first-order valence-electron chi connectivity index (χ1n) is 9.34. The van der Waals surface area contributed by atoms with Crippen molar-refractivity contribution in [2.45, 2.75) is 39.0 Å². The molecule has 0 aliphatic carbocycles. The van der Waals surface area contributed by atoms with Crippen LogP contribution in [0.4, 0.5) is 4.79 Å². The van der Waals surface area contributed by atoms with Gasteiger partial charge in [0.15, 0.2) is 0 Å². The van der Waals surface area contributed by atoms with E-state index in [-0.39, 0.29) is 23.3 Å². The molecule has 136 valence electrons. The van der Waals surface area contributed by atoms with E-state index in [4.69, 9.17) is 4.74 Å². The first-order chi connectivity index (χ1) is 12.1. The summed E-state index contributed by atoms with van der Waals surface area (Å²) in [6.07, 6.45) is 2.53. The summed E-state index contributed by atoms with van der Waals surface area (Å²) >= 11 is 0. The number of ether oxygens (including phenoxy) is 1. The van der Waals surface area contributed by atoms with Crippen LogP contribution in [0.2, 0.25) is 0 Å². The fourth-order valence-electron chi connectivity index (χ4n) is 4.24. The molecule has 0 N–H and O–H groups in total. The van der Waals surface area contributed by atoms with Crippen LogP contribution < -0.4 is 0 Å². The molecule has 2 saturated heterocycles. The quantitative estimate of drug-likeness (QED) is 0.846. The zero-order valence-corrected chi connectivity index (χ0v) is 15.2. The molecule has 0 saturated carbocycles. The fraction of sp³-hybridized carbons (Fsp3) is 0.600. The van der Waals surface area contributed by atoms with E-state index in [1.54, 1.807) is 4.90 Å². The Balaban J connectivity index is 1.76. The molecule has 25 heavy (non-hydrogen) atoms. The van der Waals surface area contributed by atoms with Crippen LogP contribution in [-0.2, 0) is 9.53 Å². The van der Waals surface area contributed by atoms with Crippen LogP contribution in [0.1, 0.15) is 44.6 Å². The number of rotatable bonds is 3. The third-order valence-electron chi connectivity index (χ3n) is 5.71. The summed E-state index contributed by atoms with van der Waals surface area (Å²) in [6, 6.07) is 10.1. The second-order valence-electron chi connectivity index (χ2n) is 7.21. The van der Waals surface area contributed by atoms with Crippen molar-refractivity contribution in [2.75, 3.05) is 32.8 Å². The van der Waals surface area contributed by atoms with Crippen LogP contribution in [-0.4, -0.2) is 54.6 Å². The second kappa shape index (κ2) is 7.46. The van der Waals surface area contributed by atoms with Gasteiger partial charge >= 0.3 is 6.09 Å². The lowest BCUT2D eigenvalue weighted by Crippen LogP contribution is -2.54. The van der Waals surface area contributed by atoms with Gasteiger partial charge in [0.25, 0.3) is 0 Å². The number of amides is 2. The summed E-state index contributed by atoms with van der Waals surface area (Å²) in [4.78, 5) is 28.7. The van der Waals surface area contributed by atoms with E-state index in [2.05, 4.69) is 12.1 Å². The minimum Gasteiger partial charge on any atom is -0.450 e. The third-order valence-corrected chi connectivity index (χ3v) is 5.71. The lowest BCUT2D eigenvalue weighted by Gasteiger charge is -2.49. The first kappa shape index (κ1) is 17.8. The molecule has 5 heteroatoms. The number of hydrogen-bond donors (Lipinski definition) is 0. The smallest absolute Gasteiger partial charge is 0.409 e. The lowest BCUT2D eigenvalue weighted by molar-refractivity contribution is -0.141. The van der Waals surface area contributed by atoms with Gasteiger partial charge in [-0.15, -0.1) is 0 Å². The minimum atomic E-state index is -0.212. The molecule has 5 nitrogen and oxygen atoms in total.